The minimum Gasteiger partial charge on any atom is -0.454 e. The molecule has 1 aromatic carbocycles. The number of anilines is 1. The summed E-state index contributed by atoms with van der Waals surface area (Å²) in [5, 5.41) is 0. The number of benzene rings is 1. The number of nitrogens with one attached hydrogen (secondary N) is 1. The number of hydrogen-bond donors (Lipinski definition) is 1. The van der Waals surface area contributed by atoms with Crippen LogP contribution < -0.4 is 19.3 Å². The maximum atomic E-state index is 5.60. The van der Waals surface area contributed by atoms with E-state index in [1.54, 1.807) is 0 Å². The largest absolute Gasteiger partial charge is 0.454 e. The minimum absolute atomic E-state index is 0.327. The third-order valence-electron chi connectivity index (χ3n) is 4.72. The first-order chi connectivity index (χ1) is 11.8. The third kappa shape index (κ3) is 3.17. The quantitative estimate of drug-likeness (QED) is 0.906. The van der Waals surface area contributed by atoms with E-state index in [4.69, 9.17) is 9.47 Å². The van der Waals surface area contributed by atoms with Crippen LogP contribution in [-0.2, 0) is 13.1 Å². The molecule has 1 fully saturated rings. The lowest BCUT2D eigenvalue weighted by molar-refractivity contribution is -0.907. The van der Waals surface area contributed by atoms with Gasteiger partial charge in [-0.05, 0) is 37.1 Å². The predicted molar refractivity (Wildman–Crippen MR) is 92.5 cm³/mol. The highest BCUT2D eigenvalue weighted by Gasteiger charge is 2.19. The molecule has 2 aliphatic heterocycles. The number of rotatable bonds is 5. The van der Waals surface area contributed by atoms with Crippen molar-refractivity contribution in [2.75, 3.05) is 31.8 Å². The molecule has 24 heavy (non-hydrogen) atoms. The van der Waals surface area contributed by atoms with Gasteiger partial charge in [0.05, 0.1) is 12.6 Å². The molecule has 0 spiro atoms. The van der Waals surface area contributed by atoms with Crippen LogP contribution in [0.1, 0.15) is 24.0 Å². The summed E-state index contributed by atoms with van der Waals surface area (Å²) >= 11 is 0. The fourth-order valence-electron chi connectivity index (χ4n) is 3.52. The van der Waals surface area contributed by atoms with Gasteiger partial charge in [0.15, 0.2) is 11.5 Å². The lowest BCUT2D eigenvalue weighted by Gasteiger charge is -2.18. The summed E-state index contributed by atoms with van der Waals surface area (Å²) in [6.45, 7) is 4.45. The molecule has 5 nitrogen and oxygen atoms in total. The second-order valence-corrected chi connectivity index (χ2v) is 6.68. The molecule has 1 N–H and O–H groups in total. The number of ether oxygens (including phenoxy) is 2. The van der Waals surface area contributed by atoms with Gasteiger partial charge in [0.1, 0.15) is 18.9 Å². The Balaban J connectivity index is 1.39. The first-order valence-electron chi connectivity index (χ1n) is 8.68. The van der Waals surface area contributed by atoms with E-state index in [9.17, 15) is 0 Å². The van der Waals surface area contributed by atoms with Crippen molar-refractivity contribution in [2.45, 2.75) is 25.9 Å². The van der Waals surface area contributed by atoms with Crippen LogP contribution in [0.2, 0.25) is 0 Å². The molecule has 5 heteroatoms. The van der Waals surface area contributed by atoms with E-state index in [0.717, 1.165) is 43.5 Å². The Morgan fingerprint density at radius 1 is 1.08 bits per heavy atom. The summed E-state index contributed by atoms with van der Waals surface area (Å²) < 4.78 is 11.1. The first kappa shape index (κ1) is 15.3. The van der Waals surface area contributed by atoms with Gasteiger partial charge in [0.25, 0.3) is 0 Å². The van der Waals surface area contributed by atoms with Gasteiger partial charge >= 0.3 is 0 Å². The van der Waals surface area contributed by atoms with Crippen molar-refractivity contribution >= 4 is 5.82 Å². The molecular weight excluding hydrogens is 302 g/mol. The van der Waals surface area contributed by atoms with Crippen LogP contribution in [0.4, 0.5) is 5.82 Å². The first-order valence-corrected chi connectivity index (χ1v) is 8.68. The van der Waals surface area contributed by atoms with Crippen molar-refractivity contribution < 1.29 is 14.4 Å². The highest BCUT2D eigenvalue weighted by molar-refractivity contribution is 5.47. The van der Waals surface area contributed by atoms with Crippen molar-refractivity contribution in [3.05, 3.63) is 47.7 Å². The molecule has 0 aliphatic carbocycles. The van der Waals surface area contributed by atoms with Gasteiger partial charge < -0.3 is 19.3 Å². The van der Waals surface area contributed by atoms with Crippen molar-refractivity contribution in [1.82, 2.24) is 4.98 Å². The number of nitrogens with zero attached hydrogens (tertiary/aromatic N) is 2. The fraction of sp³-hybridized carbons (Fsp3) is 0.421. The Morgan fingerprint density at radius 2 is 1.96 bits per heavy atom. The molecule has 1 saturated heterocycles. The molecule has 1 atom stereocenters. The third-order valence-corrected chi connectivity index (χ3v) is 4.72. The molecule has 126 valence electrons. The number of quaternary nitrogens is 1. The number of hydrogen-bond acceptors (Lipinski definition) is 4. The Labute approximate surface area is 142 Å². The Morgan fingerprint density at radius 3 is 2.75 bits per heavy atom. The van der Waals surface area contributed by atoms with E-state index in [0.29, 0.717) is 6.79 Å². The van der Waals surface area contributed by atoms with Gasteiger partial charge in [-0.1, -0.05) is 6.07 Å². The van der Waals surface area contributed by atoms with E-state index in [-0.39, 0.29) is 0 Å². The van der Waals surface area contributed by atoms with Crippen LogP contribution in [0.5, 0.6) is 11.5 Å². The number of para-hydroxylation sites is 1. The topological polar surface area (TPSA) is 39.0 Å². The monoisotopic (exact) mass is 326 g/mol. The summed E-state index contributed by atoms with van der Waals surface area (Å²) in [5.41, 5.74) is 2.46. The molecule has 3 heterocycles. The van der Waals surface area contributed by atoms with Crippen LogP contribution in [0, 0.1) is 0 Å². The van der Waals surface area contributed by atoms with E-state index in [1.165, 1.54) is 28.9 Å². The average molecular weight is 326 g/mol. The summed E-state index contributed by atoms with van der Waals surface area (Å²) in [6, 6.07) is 10.5. The highest BCUT2D eigenvalue weighted by atomic mass is 16.7. The van der Waals surface area contributed by atoms with Crippen LogP contribution in [-0.4, -0.2) is 31.9 Å². The lowest BCUT2D eigenvalue weighted by Crippen LogP contribution is -3.06. The normalized spacial score (nSPS) is 17.3. The number of pyridine rings is 1. The van der Waals surface area contributed by atoms with Crippen molar-refractivity contribution in [3.8, 4) is 11.5 Å². The summed E-state index contributed by atoms with van der Waals surface area (Å²) in [5.74, 6) is 2.87. The van der Waals surface area contributed by atoms with Crippen LogP contribution >= 0.6 is 0 Å². The number of aromatic nitrogens is 1. The molecule has 0 bridgehead atoms. The summed E-state index contributed by atoms with van der Waals surface area (Å²) in [6.07, 6.45) is 4.58. The van der Waals surface area contributed by atoms with Gasteiger partial charge in [0.2, 0.25) is 6.79 Å². The standard InChI is InChI=1S/C19H23N3O2/c1-21(13-16-5-4-6-17-19(16)24-14-23-17)12-15-7-8-18(20-11-15)22-9-2-3-10-22/h4-8,11H,2-3,9-10,12-14H2,1H3/p+1. The van der Waals surface area contributed by atoms with Crippen molar-refractivity contribution in [3.63, 3.8) is 0 Å². The van der Waals surface area contributed by atoms with Crippen molar-refractivity contribution in [2.24, 2.45) is 0 Å². The average Bonchev–Trinajstić information content (AvgIpc) is 3.27. The highest BCUT2D eigenvalue weighted by Crippen LogP contribution is 2.34. The summed E-state index contributed by atoms with van der Waals surface area (Å²) in [7, 11) is 2.20. The Kier molecular flexibility index (Phi) is 4.26. The van der Waals surface area contributed by atoms with Gasteiger partial charge in [0, 0.05) is 24.8 Å². The van der Waals surface area contributed by atoms with E-state index in [2.05, 4.69) is 35.1 Å². The minimum atomic E-state index is 0.327. The van der Waals surface area contributed by atoms with Gasteiger partial charge in [-0.3, -0.25) is 0 Å². The van der Waals surface area contributed by atoms with Crippen molar-refractivity contribution in [1.29, 1.82) is 0 Å². The molecule has 0 amide bonds. The molecule has 1 aromatic heterocycles. The van der Waals surface area contributed by atoms with Crippen LogP contribution in [0.25, 0.3) is 0 Å². The fourth-order valence-corrected chi connectivity index (χ4v) is 3.52. The molecular formula is C19H24N3O2+. The van der Waals surface area contributed by atoms with Gasteiger partial charge in [-0.15, -0.1) is 0 Å². The maximum Gasteiger partial charge on any atom is 0.231 e. The molecule has 1 unspecified atom stereocenters. The SMILES string of the molecule is C[NH+](Cc1ccc(N2CCCC2)nc1)Cc1cccc2c1OCO2. The zero-order valence-electron chi connectivity index (χ0n) is 14.1. The maximum absolute atomic E-state index is 5.60. The second-order valence-electron chi connectivity index (χ2n) is 6.68. The van der Waals surface area contributed by atoms with Crippen LogP contribution in [0.3, 0.4) is 0 Å². The molecule has 2 aromatic rings. The van der Waals surface area contributed by atoms with Crippen LogP contribution in [0.15, 0.2) is 36.5 Å². The zero-order chi connectivity index (χ0) is 16.4. The second kappa shape index (κ2) is 6.69. The lowest BCUT2D eigenvalue weighted by atomic mass is 10.1. The smallest absolute Gasteiger partial charge is 0.231 e. The number of fused-ring (bicyclic) bond motifs is 1. The molecule has 2 aliphatic rings. The predicted octanol–water partition coefficient (Wildman–Crippen LogP) is 1.63. The molecule has 0 saturated carbocycles. The molecule has 0 radical (unpaired) electrons. The van der Waals surface area contributed by atoms with E-state index in [1.807, 2.05) is 18.3 Å². The van der Waals surface area contributed by atoms with E-state index >= 15 is 0 Å². The summed E-state index contributed by atoms with van der Waals surface area (Å²) in [4.78, 5) is 8.41. The van der Waals surface area contributed by atoms with E-state index < -0.39 is 0 Å². The van der Waals surface area contributed by atoms with Gasteiger partial charge in [-0.2, -0.15) is 0 Å². The Bertz CT molecular complexity index is 696. The zero-order valence-corrected chi connectivity index (χ0v) is 14.1. The Hall–Kier alpha value is -2.27. The molecule has 4 rings (SSSR count). The van der Waals surface area contributed by atoms with Gasteiger partial charge in [-0.25, -0.2) is 4.98 Å².